The van der Waals surface area contributed by atoms with Gasteiger partial charge in [-0.15, -0.1) is 0 Å². The van der Waals surface area contributed by atoms with E-state index < -0.39 is 11.7 Å². The van der Waals surface area contributed by atoms with E-state index >= 15 is 0 Å². The van der Waals surface area contributed by atoms with Crippen LogP contribution in [0.1, 0.15) is 12.5 Å². The zero-order valence-electron chi connectivity index (χ0n) is 8.21. The van der Waals surface area contributed by atoms with E-state index in [-0.39, 0.29) is 6.10 Å². The lowest BCUT2D eigenvalue weighted by atomic mass is 10.2. The quantitative estimate of drug-likeness (QED) is 0.847. The Morgan fingerprint density at radius 2 is 1.80 bits per heavy atom. The summed E-state index contributed by atoms with van der Waals surface area (Å²) in [7, 11) is 0. The molecule has 0 aliphatic carbocycles. The number of alkyl halides is 3. The third-order valence-electron chi connectivity index (χ3n) is 1.85. The van der Waals surface area contributed by atoms with Gasteiger partial charge in [0.15, 0.2) is 0 Å². The van der Waals surface area contributed by atoms with Gasteiger partial charge in [0, 0.05) is 6.54 Å². The molecule has 2 nitrogen and oxygen atoms in total. The summed E-state index contributed by atoms with van der Waals surface area (Å²) in [5.74, 6) is 0.390. The highest BCUT2D eigenvalue weighted by Crippen LogP contribution is 2.30. The van der Waals surface area contributed by atoms with Gasteiger partial charge in [0.05, 0.1) is 5.56 Å². The van der Waals surface area contributed by atoms with Crippen molar-refractivity contribution in [2.75, 3.05) is 6.54 Å². The molecule has 0 aliphatic heterocycles. The van der Waals surface area contributed by atoms with E-state index in [1.165, 1.54) is 12.1 Å². The number of rotatable bonds is 3. The molecule has 1 unspecified atom stereocenters. The smallest absolute Gasteiger partial charge is 0.416 e. The Bertz CT molecular complexity index is 307. The molecule has 0 saturated carbocycles. The fraction of sp³-hybridized carbons (Fsp3) is 0.400. The number of hydrogen-bond acceptors (Lipinski definition) is 2. The SMILES string of the molecule is CC(CN)Oc1ccc(C(F)(F)F)cc1. The predicted octanol–water partition coefficient (Wildman–Crippen LogP) is 2.43. The molecule has 1 rings (SSSR count). The third-order valence-corrected chi connectivity index (χ3v) is 1.85. The van der Waals surface area contributed by atoms with Crippen LogP contribution in [0.15, 0.2) is 24.3 Å². The summed E-state index contributed by atoms with van der Waals surface area (Å²) in [5, 5.41) is 0. The van der Waals surface area contributed by atoms with Crippen LogP contribution in [0.25, 0.3) is 0 Å². The number of hydrogen-bond donors (Lipinski definition) is 1. The van der Waals surface area contributed by atoms with Gasteiger partial charge in [-0.25, -0.2) is 0 Å². The van der Waals surface area contributed by atoms with Crippen molar-refractivity contribution < 1.29 is 17.9 Å². The van der Waals surface area contributed by atoms with Crippen LogP contribution >= 0.6 is 0 Å². The maximum Gasteiger partial charge on any atom is 0.416 e. The summed E-state index contributed by atoms with van der Waals surface area (Å²) >= 11 is 0. The summed E-state index contributed by atoms with van der Waals surface area (Å²) in [5.41, 5.74) is 4.63. The average Bonchev–Trinajstić information content (AvgIpc) is 2.17. The van der Waals surface area contributed by atoms with Crippen molar-refractivity contribution in [1.82, 2.24) is 0 Å². The van der Waals surface area contributed by atoms with Gasteiger partial charge in [-0.1, -0.05) is 0 Å². The Morgan fingerprint density at radius 1 is 1.27 bits per heavy atom. The third kappa shape index (κ3) is 3.43. The Balaban J connectivity index is 2.73. The topological polar surface area (TPSA) is 35.2 Å². The molecule has 0 radical (unpaired) electrons. The Hall–Kier alpha value is -1.23. The van der Waals surface area contributed by atoms with Gasteiger partial charge in [0.2, 0.25) is 0 Å². The van der Waals surface area contributed by atoms with Crippen LogP contribution in [0.2, 0.25) is 0 Å². The Morgan fingerprint density at radius 3 is 2.20 bits per heavy atom. The van der Waals surface area contributed by atoms with Crippen molar-refractivity contribution in [3.05, 3.63) is 29.8 Å². The van der Waals surface area contributed by atoms with Gasteiger partial charge in [0.25, 0.3) is 0 Å². The highest BCUT2D eigenvalue weighted by atomic mass is 19.4. The zero-order chi connectivity index (χ0) is 11.5. The molecule has 2 N–H and O–H groups in total. The van der Waals surface area contributed by atoms with Crippen molar-refractivity contribution in [2.45, 2.75) is 19.2 Å². The van der Waals surface area contributed by atoms with Crippen LogP contribution in [0.4, 0.5) is 13.2 Å². The molecule has 0 bridgehead atoms. The van der Waals surface area contributed by atoms with Crippen LogP contribution < -0.4 is 10.5 Å². The first-order valence-electron chi connectivity index (χ1n) is 4.47. The maximum absolute atomic E-state index is 12.2. The van der Waals surface area contributed by atoms with Crippen LogP contribution in [-0.2, 0) is 6.18 Å². The van der Waals surface area contributed by atoms with Gasteiger partial charge >= 0.3 is 6.18 Å². The molecule has 0 aromatic heterocycles. The van der Waals surface area contributed by atoms with Crippen molar-refractivity contribution >= 4 is 0 Å². The lowest BCUT2D eigenvalue weighted by Crippen LogP contribution is -2.22. The van der Waals surface area contributed by atoms with Crippen LogP contribution in [0, 0.1) is 0 Å². The second-order valence-electron chi connectivity index (χ2n) is 3.19. The van der Waals surface area contributed by atoms with Gasteiger partial charge in [-0.3, -0.25) is 0 Å². The molecule has 15 heavy (non-hydrogen) atoms. The first-order chi connectivity index (χ1) is 6.93. The monoisotopic (exact) mass is 219 g/mol. The van der Waals surface area contributed by atoms with Crippen molar-refractivity contribution in [2.24, 2.45) is 5.73 Å². The highest BCUT2D eigenvalue weighted by molar-refractivity contribution is 5.28. The molecule has 84 valence electrons. The second kappa shape index (κ2) is 4.53. The zero-order valence-corrected chi connectivity index (χ0v) is 8.21. The van der Waals surface area contributed by atoms with Crippen LogP contribution in [-0.4, -0.2) is 12.6 Å². The molecular weight excluding hydrogens is 207 g/mol. The lowest BCUT2D eigenvalue weighted by molar-refractivity contribution is -0.137. The average molecular weight is 219 g/mol. The number of nitrogens with two attached hydrogens (primary N) is 1. The molecule has 0 heterocycles. The normalized spacial score (nSPS) is 13.7. The van der Waals surface area contributed by atoms with E-state index in [1.807, 2.05) is 0 Å². The molecule has 1 aromatic carbocycles. The van der Waals surface area contributed by atoms with E-state index in [0.717, 1.165) is 12.1 Å². The summed E-state index contributed by atoms with van der Waals surface area (Å²) in [6, 6.07) is 4.54. The summed E-state index contributed by atoms with van der Waals surface area (Å²) in [6.45, 7) is 2.07. The molecule has 1 atom stereocenters. The number of benzene rings is 1. The summed E-state index contributed by atoms with van der Waals surface area (Å²) < 4.78 is 41.8. The molecule has 0 saturated heterocycles. The number of halogens is 3. The van der Waals surface area contributed by atoms with E-state index in [1.54, 1.807) is 6.92 Å². The highest BCUT2D eigenvalue weighted by Gasteiger charge is 2.30. The van der Waals surface area contributed by atoms with Gasteiger partial charge in [0.1, 0.15) is 11.9 Å². The minimum Gasteiger partial charge on any atom is -0.489 e. The molecule has 0 aliphatic rings. The molecule has 0 fully saturated rings. The van der Waals surface area contributed by atoms with Crippen LogP contribution in [0.5, 0.6) is 5.75 Å². The first kappa shape index (κ1) is 11.8. The Labute approximate surface area is 85.8 Å². The number of ether oxygens (including phenoxy) is 1. The van der Waals surface area contributed by atoms with E-state index in [0.29, 0.717) is 12.3 Å². The minimum atomic E-state index is -4.31. The fourth-order valence-electron chi connectivity index (χ4n) is 1.00. The van der Waals surface area contributed by atoms with Gasteiger partial charge in [-0.05, 0) is 31.2 Å². The predicted molar refractivity (Wildman–Crippen MR) is 50.6 cm³/mol. The fourth-order valence-corrected chi connectivity index (χ4v) is 1.00. The first-order valence-corrected chi connectivity index (χ1v) is 4.47. The van der Waals surface area contributed by atoms with Crippen LogP contribution in [0.3, 0.4) is 0 Å². The standard InChI is InChI=1S/C10H12F3NO/c1-7(6-14)15-9-4-2-8(3-5-9)10(11,12)13/h2-5,7H,6,14H2,1H3. The van der Waals surface area contributed by atoms with E-state index in [2.05, 4.69) is 0 Å². The van der Waals surface area contributed by atoms with Gasteiger partial charge < -0.3 is 10.5 Å². The minimum absolute atomic E-state index is 0.207. The van der Waals surface area contributed by atoms with Gasteiger partial charge in [-0.2, -0.15) is 13.2 Å². The van der Waals surface area contributed by atoms with E-state index in [4.69, 9.17) is 10.5 Å². The summed E-state index contributed by atoms with van der Waals surface area (Å²) in [4.78, 5) is 0. The maximum atomic E-state index is 12.2. The molecule has 0 amide bonds. The molecule has 5 heteroatoms. The van der Waals surface area contributed by atoms with E-state index in [9.17, 15) is 13.2 Å². The molecule has 1 aromatic rings. The molecule has 0 spiro atoms. The van der Waals surface area contributed by atoms with Crippen molar-refractivity contribution in [3.8, 4) is 5.75 Å². The van der Waals surface area contributed by atoms with Crippen molar-refractivity contribution in [3.63, 3.8) is 0 Å². The Kier molecular flexibility index (Phi) is 3.57. The largest absolute Gasteiger partial charge is 0.489 e. The second-order valence-corrected chi connectivity index (χ2v) is 3.19. The summed E-state index contributed by atoms with van der Waals surface area (Å²) in [6.07, 6.45) is -4.51. The van der Waals surface area contributed by atoms with Crippen molar-refractivity contribution in [1.29, 1.82) is 0 Å². The lowest BCUT2D eigenvalue weighted by Gasteiger charge is -2.13. The molecular formula is C10H12F3NO.